The summed E-state index contributed by atoms with van der Waals surface area (Å²) < 4.78 is 43.5. The Kier molecular flexibility index (Phi) is 6.68. The molecule has 0 spiro atoms. The van der Waals surface area contributed by atoms with Gasteiger partial charge in [-0.1, -0.05) is 13.8 Å². The van der Waals surface area contributed by atoms with E-state index in [0.29, 0.717) is 18.0 Å². The van der Waals surface area contributed by atoms with Crippen LogP contribution in [0, 0.1) is 5.92 Å². The Morgan fingerprint density at radius 2 is 1.76 bits per heavy atom. The van der Waals surface area contributed by atoms with E-state index in [1.807, 2.05) is 4.98 Å². The zero-order valence-corrected chi connectivity index (χ0v) is 15.9. The number of aromatic nitrogens is 1. The molecule has 1 aromatic carbocycles. The molecule has 0 aliphatic carbocycles. The maximum atomic E-state index is 12.8. The predicted octanol–water partition coefficient (Wildman–Crippen LogP) is 2.80. The number of pyridine rings is 1. The first-order valence-electron chi connectivity index (χ1n) is 8.58. The van der Waals surface area contributed by atoms with Crippen molar-refractivity contribution in [3.8, 4) is 5.75 Å². The lowest BCUT2D eigenvalue weighted by atomic mass is 10.0. The van der Waals surface area contributed by atoms with Crippen LogP contribution in [0.3, 0.4) is 0 Å². The highest BCUT2D eigenvalue weighted by molar-refractivity contribution is 6.01. The first-order chi connectivity index (χ1) is 13.5. The van der Waals surface area contributed by atoms with E-state index in [9.17, 15) is 27.6 Å². The SMILES string of the molecule is COc1ccc(C(=O)NC(C(=O)Nc2cc(C(F)(F)F)c[nH]c2=O)C(C)C)cc1. The Balaban J connectivity index is 2.19. The zero-order valence-electron chi connectivity index (χ0n) is 15.9. The normalized spacial score (nSPS) is 12.4. The van der Waals surface area contributed by atoms with E-state index in [-0.39, 0.29) is 5.56 Å². The number of carbonyl (C=O) groups excluding carboxylic acids is 2. The topological polar surface area (TPSA) is 100 Å². The third-order valence-electron chi connectivity index (χ3n) is 4.08. The maximum Gasteiger partial charge on any atom is 0.417 e. The molecule has 1 aromatic heterocycles. The minimum absolute atomic E-state index is 0.265. The lowest BCUT2D eigenvalue weighted by molar-refractivity contribution is -0.137. The van der Waals surface area contributed by atoms with Crippen LogP contribution >= 0.6 is 0 Å². The Hall–Kier alpha value is -3.30. The summed E-state index contributed by atoms with van der Waals surface area (Å²) in [4.78, 5) is 38.7. The molecule has 0 bridgehead atoms. The second-order valence-electron chi connectivity index (χ2n) is 6.54. The Bertz CT molecular complexity index is 937. The fourth-order valence-corrected chi connectivity index (χ4v) is 2.45. The van der Waals surface area contributed by atoms with Crippen molar-refractivity contribution in [2.75, 3.05) is 12.4 Å². The van der Waals surface area contributed by atoms with Gasteiger partial charge in [0.2, 0.25) is 5.91 Å². The zero-order chi connectivity index (χ0) is 21.8. The van der Waals surface area contributed by atoms with Crippen LogP contribution in [0.25, 0.3) is 0 Å². The molecule has 0 saturated carbocycles. The van der Waals surface area contributed by atoms with Gasteiger partial charge in [0.25, 0.3) is 11.5 Å². The predicted molar refractivity (Wildman–Crippen MR) is 99.8 cm³/mol. The molecule has 2 rings (SSSR count). The summed E-state index contributed by atoms with van der Waals surface area (Å²) in [5.74, 6) is -1.23. The van der Waals surface area contributed by atoms with Gasteiger partial charge < -0.3 is 20.4 Å². The number of hydrogen-bond donors (Lipinski definition) is 3. The molecule has 2 amide bonds. The molecule has 156 valence electrons. The van der Waals surface area contributed by atoms with Crippen LogP contribution in [-0.4, -0.2) is 29.9 Å². The molecule has 1 unspecified atom stereocenters. The summed E-state index contributed by atoms with van der Waals surface area (Å²) in [5, 5.41) is 4.69. The molecule has 0 aliphatic heterocycles. The Morgan fingerprint density at radius 3 is 2.28 bits per heavy atom. The van der Waals surface area contributed by atoms with Crippen LogP contribution in [0.15, 0.2) is 41.3 Å². The molecule has 3 N–H and O–H groups in total. The molecule has 7 nitrogen and oxygen atoms in total. The van der Waals surface area contributed by atoms with Gasteiger partial charge in [-0.25, -0.2) is 0 Å². The number of methoxy groups -OCH3 is 1. The van der Waals surface area contributed by atoms with Crippen molar-refractivity contribution < 1.29 is 27.5 Å². The molecule has 1 atom stereocenters. The molecule has 0 saturated heterocycles. The summed E-state index contributed by atoms with van der Waals surface area (Å²) in [6.45, 7) is 3.30. The van der Waals surface area contributed by atoms with E-state index < -0.39 is 46.8 Å². The lowest BCUT2D eigenvalue weighted by Gasteiger charge is -2.22. The largest absolute Gasteiger partial charge is 0.497 e. The van der Waals surface area contributed by atoms with Gasteiger partial charge in [0.05, 0.1) is 12.7 Å². The standard InChI is InChI=1S/C19H20F3N3O4/c1-10(2)15(25-16(26)11-4-6-13(29-3)7-5-11)18(28)24-14-8-12(19(20,21)22)9-23-17(14)27/h4-10,15H,1-3H3,(H,23,27)(H,24,28)(H,25,26). The minimum atomic E-state index is -4.69. The van der Waals surface area contributed by atoms with Crippen molar-refractivity contribution in [1.29, 1.82) is 0 Å². The first-order valence-corrected chi connectivity index (χ1v) is 8.58. The summed E-state index contributed by atoms with van der Waals surface area (Å²) in [5.41, 5.74) is -2.30. The second kappa shape index (κ2) is 8.80. The number of alkyl halides is 3. The number of H-pyrrole nitrogens is 1. The van der Waals surface area contributed by atoms with E-state index in [4.69, 9.17) is 4.74 Å². The summed E-state index contributed by atoms with van der Waals surface area (Å²) in [7, 11) is 1.48. The molecule has 0 radical (unpaired) electrons. The van der Waals surface area contributed by atoms with Gasteiger partial charge in [0, 0.05) is 11.8 Å². The van der Waals surface area contributed by atoms with Gasteiger partial charge in [-0.3, -0.25) is 14.4 Å². The summed E-state index contributed by atoms with van der Waals surface area (Å²) >= 11 is 0. The van der Waals surface area contributed by atoms with Crippen LogP contribution in [-0.2, 0) is 11.0 Å². The number of aromatic amines is 1. The number of hydrogen-bond acceptors (Lipinski definition) is 4. The van der Waals surface area contributed by atoms with Gasteiger partial charge in [0.15, 0.2) is 0 Å². The number of amides is 2. The number of rotatable bonds is 6. The van der Waals surface area contributed by atoms with E-state index in [2.05, 4.69) is 10.6 Å². The molecule has 1 heterocycles. The summed E-state index contributed by atoms with van der Waals surface area (Å²) in [6, 6.07) is 5.60. The molecular weight excluding hydrogens is 391 g/mol. The maximum absolute atomic E-state index is 12.8. The Morgan fingerprint density at radius 1 is 1.14 bits per heavy atom. The van der Waals surface area contributed by atoms with Gasteiger partial charge >= 0.3 is 6.18 Å². The number of ether oxygens (including phenoxy) is 1. The molecule has 10 heteroatoms. The molecule has 2 aromatic rings. The van der Waals surface area contributed by atoms with Crippen LogP contribution in [0.4, 0.5) is 18.9 Å². The number of halogens is 3. The van der Waals surface area contributed by atoms with Crippen molar-refractivity contribution in [1.82, 2.24) is 10.3 Å². The van der Waals surface area contributed by atoms with Gasteiger partial charge in [-0.15, -0.1) is 0 Å². The highest BCUT2D eigenvalue weighted by Gasteiger charge is 2.32. The third kappa shape index (κ3) is 5.59. The van der Waals surface area contributed by atoms with Crippen LogP contribution in [0.2, 0.25) is 0 Å². The monoisotopic (exact) mass is 411 g/mol. The first kappa shape index (κ1) is 22.0. The van der Waals surface area contributed by atoms with Crippen LogP contribution < -0.4 is 20.9 Å². The van der Waals surface area contributed by atoms with E-state index in [0.717, 1.165) is 0 Å². The number of carbonyl (C=O) groups is 2. The molecular formula is C19H20F3N3O4. The number of benzene rings is 1. The average Bonchev–Trinajstić information content (AvgIpc) is 2.66. The van der Waals surface area contributed by atoms with E-state index in [1.54, 1.807) is 26.0 Å². The summed E-state index contributed by atoms with van der Waals surface area (Å²) in [6.07, 6.45) is -4.17. The number of anilines is 1. The molecule has 0 fully saturated rings. The van der Waals surface area contributed by atoms with Gasteiger partial charge in [-0.05, 0) is 36.2 Å². The van der Waals surface area contributed by atoms with E-state index >= 15 is 0 Å². The Labute approximate surface area is 164 Å². The fraction of sp³-hybridized carbons (Fsp3) is 0.316. The van der Waals surface area contributed by atoms with Gasteiger partial charge in [0.1, 0.15) is 17.5 Å². The quantitative estimate of drug-likeness (QED) is 0.681. The number of nitrogens with one attached hydrogen (secondary N) is 3. The van der Waals surface area contributed by atoms with E-state index in [1.165, 1.54) is 19.2 Å². The van der Waals surface area contributed by atoms with Crippen molar-refractivity contribution in [3.63, 3.8) is 0 Å². The molecule has 29 heavy (non-hydrogen) atoms. The van der Waals surface area contributed by atoms with Crippen LogP contribution in [0.5, 0.6) is 5.75 Å². The molecule has 0 aliphatic rings. The van der Waals surface area contributed by atoms with Gasteiger partial charge in [-0.2, -0.15) is 13.2 Å². The third-order valence-corrected chi connectivity index (χ3v) is 4.08. The highest BCUT2D eigenvalue weighted by Crippen LogP contribution is 2.29. The van der Waals surface area contributed by atoms with Crippen molar-refractivity contribution >= 4 is 17.5 Å². The average molecular weight is 411 g/mol. The van der Waals surface area contributed by atoms with Crippen molar-refractivity contribution in [2.24, 2.45) is 5.92 Å². The van der Waals surface area contributed by atoms with Crippen LogP contribution in [0.1, 0.15) is 29.8 Å². The minimum Gasteiger partial charge on any atom is -0.497 e. The van der Waals surface area contributed by atoms with Crippen molar-refractivity contribution in [3.05, 3.63) is 58.0 Å². The smallest absolute Gasteiger partial charge is 0.417 e. The highest BCUT2D eigenvalue weighted by atomic mass is 19.4. The van der Waals surface area contributed by atoms with Crippen molar-refractivity contribution in [2.45, 2.75) is 26.1 Å². The lowest BCUT2D eigenvalue weighted by Crippen LogP contribution is -2.47. The second-order valence-corrected chi connectivity index (χ2v) is 6.54. The fourth-order valence-electron chi connectivity index (χ4n) is 2.45.